The van der Waals surface area contributed by atoms with Gasteiger partial charge in [-0.25, -0.2) is 0 Å². The van der Waals surface area contributed by atoms with Crippen molar-refractivity contribution in [2.24, 2.45) is 11.5 Å². The molecule has 0 spiro atoms. The predicted octanol–water partition coefficient (Wildman–Crippen LogP) is 2.15. The van der Waals surface area contributed by atoms with Gasteiger partial charge < -0.3 is 11.5 Å². The maximum atomic E-state index is 10.8. The summed E-state index contributed by atoms with van der Waals surface area (Å²) < 4.78 is 0. The van der Waals surface area contributed by atoms with Crippen molar-refractivity contribution in [3.05, 3.63) is 39.9 Å². The molecule has 0 aromatic heterocycles. The summed E-state index contributed by atoms with van der Waals surface area (Å²) in [5.41, 5.74) is 12.0. The molecule has 96 valence electrons. The Kier molecular flexibility index (Phi) is 7.45. The van der Waals surface area contributed by atoms with E-state index in [1.54, 1.807) is 18.2 Å². The summed E-state index contributed by atoms with van der Waals surface area (Å²) >= 11 is 0. The van der Waals surface area contributed by atoms with Gasteiger partial charge in [-0.15, -0.1) is 12.4 Å². The maximum absolute atomic E-state index is 10.8. The van der Waals surface area contributed by atoms with E-state index < -0.39 is 4.92 Å². The van der Waals surface area contributed by atoms with Gasteiger partial charge in [-0.2, -0.15) is 0 Å². The second-order valence-electron chi connectivity index (χ2n) is 3.71. The van der Waals surface area contributed by atoms with Crippen LogP contribution in [0, 0.1) is 10.1 Å². The number of nitro benzene ring substituents is 1. The average molecular weight is 260 g/mol. The first-order valence-electron chi connectivity index (χ1n) is 5.35. The maximum Gasteiger partial charge on any atom is 0.274 e. The van der Waals surface area contributed by atoms with Crippen molar-refractivity contribution in [2.75, 3.05) is 6.54 Å². The molecule has 0 saturated heterocycles. The molecular formula is C11H18ClN3O2. The van der Waals surface area contributed by atoms with E-state index in [9.17, 15) is 10.1 Å². The predicted molar refractivity (Wildman–Crippen MR) is 70.2 cm³/mol. The first kappa shape index (κ1) is 15.8. The van der Waals surface area contributed by atoms with Crippen LogP contribution < -0.4 is 11.5 Å². The minimum Gasteiger partial charge on any atom is -0.330 e. The Bertz CT molecular complexity index is 360. The lowest BCUT2D eigenvalue weighted by molar-refractivity contribution is -0.385. The summed E-state index contributed by atoms with van der Waals surface area (Å²) in [5, 5.41) is 10.8. The third kappa shape index (κ3) is 4.68. The van der Waals surface area contributed by atoms with E-state index >= 15 is 0 Å². The lowest BCUT2D eigenvalue weighted by Gasteiger charge is -2.11. The lowest BCUT2D eigenvalue weighted by Crippen LogP contribution is -2.13. The first-order chi connectivity index (χ1) is 7.66. The van der Waals surface area contributed by atoms with Crippen LogP contribution in [0.5, 0.6) is 0 Å². The van der Waals surface area contributed by atoms with Gasteiger partial charge in [-0.1, -0.05) is 24.6 Å². The fraction of sp³-hybridized carbons (Fsp3) is 0.455. The van der Waals surface area contributed by atoms with Crippen LogP contribution >= 0.6 is 12.4 Å². The molecule has 0 aliphatic carbocycles. The van der Waals surface area contributed by atoms with E-state index in [4.69, 9.17) is 11.5 Å². The Morgan fingerprint density at radius 1 is 1.29 bits per heavy atom. The lowest BCUT2D eigenvalue weighted by atomic mass is 10.0. The third-order valence-electron chi connectivity index (χ3n) is 2.50. The second-order valence-corrected chi connectivity index (χ2v) is 3.71. The quantitative estimate of drug-likeness (QED) is 0.465. The molecule has 0 radical (unpaired) electrons. The summed E-state index contributed by atoms with van der Waals surface area (Å²) in [5.74, 6) is 0. The number of halogens is 1. The number of hydrogen-bond donors (Lipinski definition) is 2. The molecule has 17 heavy (non-hydrogen) atoms. The Morgan fingerprint density at radius 3 is 2.53 bits per heavy atom. The molecular weight excluding hydrogens is 242 g/mol. The summed E-state index contributed by atoms with van der Waals surface area (Å²) in [7, 11) is 0. The van der Waals surface area contributed by atoms with Gasteiger partial charge in [-0.05, 0) is 19.4 Å². The topological polar surface area (TPSA) is 95.2 Å². The van der Waals surface area contributed by atoms with Gasteiger partial charge in [0, 0.05) is 17.7 Å². The van der Waals surface area contributed by atoms with Crippen LogP contribution in [-0.2, 0) is 0 Å². The highest BCUT2D eigenvalue weighted by molar-refractivity contribution is 5.85. The highest BCUT2D eigenvalue weighted by Crippen LogP contribution is 2.26. The minimum absolute atomic E-state index is 0. The Morgan fingerprint density at radius 2 is 1.94 bits per heavy atom. The molecule has 0 bridgehead atoms. The number of nitrogens with zero attached hydrogens (tertiary/aromatic N) is 1. The van der Waals surface area contributed by atoms with Crippen molar-refractivity contribution in [2.45, 2.75) is 25.3 Å². The summed E-state index contributed by atoms with van der Waals surface area (Å²) in [6.07, 6.45) is 2.51. The van der Waals surface area contributed by atoms with Crippen molar-refractivity contribution >= 4 is 18.1 Å². The van der Waals surface area contributed by atoms with Crippen LogP contribution in [0.3, 0.4) is 0 Å². The Labute approximate surface area is 107 Å². The summed E-state index contributed by atoms with van der Waals surface area (Å²) in [6.45, 7) is 0.629. The second kappa shape index (κ2) is 8.00. The molecule has 1 rings (SSSR count). The zero-order valence-corrected chi connectivity index (χ0v) is 10.4. The van der Waals surface area contributed by atoms with Gasteiger partial charge in [0.15, 0.2) is 0 Å². The van der Waals surface area contributed by atoms with E-state index in [1.807, 2.05) is 0 Å². The number of hydrogen-bond acceptors (Lipinski definition) is 4. The molecule has 0 aliphatic rings. The standard InChI is InChI=1S/C11H17N3O2.ClH/c12-8-4-3-6-10(13)9-5-1-2-7-11(9)14(15)16;/h1-2,5,7,10H,3-4,6,8,12-13H2;1H/t10-;/m1./s1. The zero-order chi connectivity index (χ0) is 12.0. The Balaban J connectivity index is 0.00000256. The molecule has 0 saturated carbocycles. The number of rotatable bonds is 6. The zero-order valence-electron chi connectivity index (χ0n) is 9.54. The molecule has 0 heterocycles. The monoisotopic (exact) mass is 259 g/mol. The summed E-state index contributed by atoms with van der Waals surface area (Å²) in [6, 6.07) is 6.33. The molecule has 1 aromatic rings. The molecule has 4 N–H and O–H groups in total. The number of para-hydroxylation sites is 1. The highest BCUT2D eigenvalue weighted by atomic mass is 35.5. The van der Waals surface area contributed by atoms with Gasteiger partial charge in [0.05, 0.1) is 4.92 Å². The third-order valence-corrected chi connectivity index (χ3v) is 2.50. The number of nitrogens with two attached hydrogens (primary N) is 2. The van der Waals surface area contributed by atoms with Crippen molar-refractivity contribution < 1.29 is 4.92 Å². The number of nitro groups is 1. The largest absolute Gasteiger partial charge is 0.330 e. The Hall–Kier alpha value is -1.17. The first-order valence-corrected chi connectivity index (χ1v) is 5.35. The van der Waals surface area contributed by atoms with Crippen LogP contribution in [0.2, 0.25) is 0 Å². The van der Waals surface area contributed by atoms with Gasteiger partial charge in [0.25, 0.3) is 5.69 Å². The molecule has 6 heteroatoms. The van der Waals surface area contributed by atoms with Crippen molar-refractivity contribution in [3.63, 3.8) is 0 Å². The van der Waals surface area contributed by atoms with E-state index in [2.05, 4.69) is 0 Å². The SMILES string of the molecule is Cl.NCCCC[C@@H](N)c1ccccc1[N+](=O)[O-]. The van der Waals surface area contributed by atoms with E-state index in [0.717, 1.165) is 19.3 Å². The number of unbranched alkanes of at least 4 members (excludes halogenated alkanes) is 1. The van der Waals surface area contributed by atoms with Crippen molar-refractivity contribution in [1.82, 2.24) is 0 Å². The van der Waals surface area contributed by atoms with Crippen molar-refractivity contribution in [3.8, 4) is 0 Å². The fourth-order valence-electron chi connectivity index (χ4n) is 1.63. The van der Waals surface area contributed by atoms with Gasteiger partial charge in [0.2, 0.25) is 0 Å². The normalized spacial score (nSPS) is 11.6. The van der Waals surface area contributed by atoms with E-state index in [0.29, 0.717) is 12.1 Å². The number of benzene rings is 1. The van der Waals surface area contributed by atoms with Crippen LogP contribution in [-0.4, -0.2) is 11.5 Å². The van der Waals surface area contributed by atoms with E-state index in [1.165, 1.54) is 6.07 Å². The average Bonchev–Trinajstić information content (AvgIpc) is 2.29. The summed E-state index contributed by atoms with van der Waals surface area (Å²) in [4.78, 5) is 10.4. The van der Waals surface area contributed by atoms with Gasteiger partial charge in [-0.3, -0.25) is 10.1 Å². The molecule has 5 nitrogen and oxygen atoms in total. The highest BCUT2D eigenvalue weighted by Gasteiger charge is 2.17. The van der Waals surface area contributed by atoms with Crippen LogP contribution in [0.1, 0.15) is 30.9 Å². The molecule has 0 amide bonds. The van der Waals surface area contributed by atoms with Crippen LogP contribution in [0.4, 0.5) is 5.69 Å². The molecule has 1 aromatic carbocycles. The van der Waals surface area contributed by atoms with Crippen molar-refractivity contribution in [1.29, 1.82) is 0 Å². The molecule has 0 fully saturated rings. The fourth-order valence-corrected chi connectivity index (χ4v) is 1.63. The molecule has 0 unspecified atom stereocenters. The minimum atomic E-state index is -0.391. The van der Waals surface area contributed by atoms with Gasteiger partial charge in [0.1, 0.15) is 0 Å². The molecule has 0 aliphatic heterocycles. The smallest absolute Gasteiger partial charge is 0.274 e. The molecule has 1 atom stereocenters. The van der Waals surface area contributed by atoms with Gasteiger partial charge >= 0.3 is 0 Å². The van der Waals surface area contributed by atoms with Crippen LogP contribution in [0.15, 0.2) is 24.3 Å². The van der Waals surface area contributed by atoms with Crippen LogP contribution in [0.25, 0.3) is 0 Å². The van der Waals surface area contributed by atoms with E-state index in [-0.39, 0.29) is 24.1 Å².